The molecule has 5 N–H and O–H groups in total. The van der Waals surface area contributed by atoms with Gasteiger partial charge in [-0.1, -0.05) is 30.3 Å². The van der Waals surface area contributed by atoms with E-state index in [0.717, 1.165) is 65.2 Å². The summed E-state index contributed by atoms with van der Waals surface area (Å²) < 4.78 is 2.12. The number of anilines is 3. The standard InChI is InChI=1S/C29H37N9/c1-36-14-16-37(17-15-36)23-10-12-24(13-11-23)38-29-26(28(31)33-19-34-29)27(35-38)20-6-8-22(9-7-20)32-18-21-4-2-3-5-25(21)30/h2-9,19,23-24,32H,10-18,30H2,1H3,(H2,31,33,34). The summed E-state index contributed by atoms with van der Waals surface area (Å²) in [5, 5.41) is 9.40. The highest BCUT2D eigenvalue weighted by Crippen LogP contribution is 2.37. The van der Waals surface area contributed by atoms with E-state index in [4.69, 9.17) is 16.6 Å². The van der Waals surface area contributed by atoms with Gasteiger partial charge in [-0.15, -0.1) is 0 Å². The number of piperazine rings is 1. The molecule has 9 heteroatoms. The van der Waals surface area contributed by atoms with Crippen LogP contribution in [0.5, 0.6) is 0 Å². The minimum absolute atomic E-state index is 0.321. The average Bonchev–Trinajstić information content (AvgIpc) is 3.34. The first-order valence-corrected chi connectivity index (χ1v) is 13.7. The van der Waals surface area contributed by atoms with Crippen molar-refractivity contribution in [2.45, 2.75) is 44.3 Å². The molecule has 0 spiro atoms. The Labute approximate surface area is 223 Å². The van der Waals surface area contributed by atoms with Crippen LogP contribution in [0, 0.1) is 0 Å². The number of likely N-dealkylation sites (N-methyl/N-ethyl adjacent to an activating group) is 1. The SMILES string of the molecule is CN1CCN(C2CCC(n3nc(-c4ccc(NCc5ccccc5N)cc4)c4c(N)ncnc43)CC2)CC1. The Morgan fingerprint density at radius 1 is 0.868 bits per heavy atom. The monoisotopic (exact) mass is 511 g/mol. The molecule has 0 amide bonds. The molecule has 2 aromatic carbocycles. The lowest BCUT2D eigenvalue weighted by atomic mass is 9.90. The van der Waals surface area contributed by atoms with Gasteiger partial charge in [0.2, 0.25) is 0 Å². The predicted octanol–water partition coefficient (Wildman–Crippen LogP) is 4.00. The molecular weight excluding hydrogens is 474 g/mol. The van der Waals surface area contributed by atoms with Gasteiger partial charge >= 0.3 is 0 Å². The molecule has 3 heterocycles. The first-order valence-electron chi connectivity index (χ1n) is 13.7. The molecule has 0 unspecified atom stereocenters. The van der Waals surface area contributed by atoms with E-state index in [0.29, 0.717) is 24.4 Å². The Hall–Kier alpha value is -3.69. The maximum absolute atomic E-state index is 6.38. The molecule has 0 radical (unpaired) electrons. The third kappa shape index (κ3) is 4.91. The molecule has 1 saturated carbocycles. The van der Waals surface area contributed by atoms with Crippen molar-refractivity contribution in [2.75, 3.05) is 50.0 Å². The number of para-hydroxylation sites is 1. The zero-order chi connectivity index (χ0) is 26.1. The molecule has 1 aliphatic heterocycles. The van der Waals surface area contributed by atoms with Gasteiger partial charge in [0.05, 0.1) is 11.4 Å². The Bertz CT molecular complexity index is 1380. The van der Waals surface area contributed by atoms with Crippen LogP contribution >= 0.6 is 0 Å². The molecule has 2 aromatic heterocycles. The third-order valence-electron chi connectivity index (χ3n) is 8.28. The number of aromatic nitrogens is 4. The normalized spacial score (nSPS) is 21.1. The van der Waals surface area contributed by atoms with Gasteiger partial charge in [0.15, 0.2) is 5.65 Å². The number of nitrogens with one attached hydrogen (secondary N) is 1. The number of hydrogen-bond donors (Lipinski definition) is 3. The Morgan fingerprint density at radius 3 is 2.32 bits per heavy atom. The van der Waals surface area contributed by atoms with Crippen molar-refractivity contribution in [2.24, 2.45) is 0 Å². The van der Waals surface area contributed by atoms with Crippen molar-refractivity contribution in [1.29, 1.82) is 0 Å². The second kappa shape index (κ2) is 10.6. The van der Waals surface area contributed by atoms with E-state index in [1.165, 1.54) is 25.9 Å². The Balaban J connectivity index is 1.20. The second-order valence-corrected chi connectivity index (χ2v) is 10.7. The van der Waals surface area contributed by atoms with Gasteiger partial charge in [-0.25, -0.2) is 14.6 Å². The highest BCUT2D eigenvalue weighted by molar-refractivity contribution is 5.98. The van der Waals surface area contributed by atoms with Gasteiger partial charge in [-0.2, -0.15) is 5.10 Å². The van der Waals surface area contributed by atoms with Gasteiger partial charge in [0, 0.05) is 55.7 Å². The van der Waals surface area contributed by atoms with E-state index in [-0.39, 0.29) is 0 Å². The number of benzene rings is 2. The summed E-state index contributed by atoms with van der Waals surface area (Å²) in [6.07, 6.45) is 6.14. The maximum Gasteiger partial charge on any atom is 0.164 e. The molecule has 2 aliphatic rings. The summed E-state index contributed by atoms with van der Waals surface area (Å²) in [7, 11) is 2.22. The van der Waals surface area contributed by atoms with Crippen molar-refractivity contribution in [1.82, 2.24) is 29.5 Å². The van der Waals surface area contributed by atoms with Crippen LogP contribution in [0.15, 0.2) is 54.9 Å². The first-order chi connectivity index (χ1) is 18.6. The molecule has 4 aromatic rings. The number of rotatable bonds is 6. The summed E-state index contributed by atoms with van der Waals surface area (Å²) in [6.45, 7) is 5.35. The fourth-order valence-electron chi connectivity index (χ4n) is 5.95. The minimum atomic E-state index is 0.321. The zero-order valence-electron chi connectivity index (χ0n) is 22.1. The van der Waals surface area contributed by atoms with Crippen molar-refractivity contribution >= 4 is 28.2 Å². The summed E-state index contributed by atoms with van der Waals surface area (Å²) >= 11 is 0. The fourth-order valence-corrected chi connectivity index (χ4v) is 5.95. The molecule has 0 atom stereocenters. The number of nitrogen functional groups attached to an aromatic ring is 2. The first kappa shape index (κ1) is 24.6. The van der Waals surface area contributed by atoms with Gasteiger partial charge < -0.3 is 21.7 Å². The van der Waals surface area contributed by atoms with Crippen LogP contribution in [-0.4, -0.2) is 68.8 Å². The Morgan fingerprint density at radius 2 is 1.58 bits per heavy atom. The highest BCUT2D eigenvalue weighted by Gasteiger charge is 2.30. The van der Waals surface area contributed by atoms with Crippen LogP contribution in [0.1, 0.15) is 37.3 Å². The molecule has 9 nitrogen and oxygen atoms in total. The van der Waals surface area contributed by atoms with Crippen LogP contribution in [0.3, 0.4) is 0 Å². The molecule has 1 aliphatic carbocycles. The number of fused-ring (bicyclic) bond motifs is 1. The summed E-state index contributed by atoms with van der Waals surface area (Å²) in [4.78, 5) is 14.0. The lowest BCUT2D eigenvalue weighted by Crippen LogP contribution is -2.49. The van der Waals surface area contributed by atoms with Crippen molar-refractivity contribution < 1.29 is 0 Å². The largest absolute Gasteiger partial charge is 0.398 e. The van der Waals surface area contributed by atoms with Gasteiger partial charge in [0.25, 0.3) is 0 Å². The summed E-state index contributed by atoms with van der Waals surface area (Å²) in [6, 6.07) is 17.2. The smallest absolute Gasteiger partial charge is 0.164 e. The fraction of sp³-hybridized carbons (Fsp3) is 0.414. The maximum atomic E-state index is 6.38. The van der Waals surface area contributed by atoms with Gasteiger partial charge in [0.1, 0.15) is 17.8 Å². The third-order valence-corrected chi connectivity index (χ3v) is 8.28. The van der Waals surface area contributed by atoms with E-state index in [2.05, 4.69) is 61.1 Å². The van der Waals surface area contributed by atoms with Crippen LogP contribution in [0.25, 0.3) is 22.3 Å². The van der Waals surface area contributed by atoms with Crippen LogP contribution in [0.2, 0.25) is 0 Å². The van der Waals surface area contributed by atoms with E-state index in [1.54, 1.807) is 6.33 Å². The molecular formula is C29H37N9. The predicted molar refractivity (Wildman–Crippen MR) is 154 cm³/mol. The van der Waals surface area contributed by atoms with Crippen LogP contribution in [0.4, 0.5) is 17.2 Å². The van der Waals surface area contributed by atoms with E-state index >= 15 is 0 Å². The zero-order valence-corrected chi connectivity index (χ0v) is 22.1. The number of nitrogens with zero attached hydrogens (tertiary/aromatic N) is 6. The molecule has 1 saturated heterocycles. The highest BCUT2D eigenvalue weighted by atomic mass is 15.3. The Kier molecular flexibility index (Phi) is 6.86. The van der Waals surface area contributed by atoms with Gasteiger partial charge in [-0.3, -0.25) is 4.90 Å². The van der Waals surface area contributed by atoms with Crippen molar-refractivity contribution in [3.8, 4) is 11.3 Å². The summed E-state index contributed by atoms with van der Waals surface area (Å²) in [5.74, 6) is 0.476. The number of nitrogens with two attached hydrogens (primary N) is 2. The van der Waals surface area contributed by atoms with E-state index in [1.807, 2.05) is 24.3 Å². The lowest BCUT2D eigenvalue weighted by Gasteiger charge is -2.41. The average molecular weight is 512 g/mol. The molecule has 2 fully saturated rings. The van der Waals surface area contributed by atoms with Gasteiger partial charge in [-0.05, 0) is 56.5 Å². The molecule has 6 rings (SSSR count). The minimum Gasteiger partial charge on any atom is -0.398 e. The van der Waals surface area contributed by atoms with E-state index in [9.17, 15) is 0 Å². The molecule has 0 bridgehead atoms. The second-order valence-electron chi connectivity index (χ2n) is 10.7. The van der Waals surface area contributed by atoms with Crippen LogP contribution in [-0.2, 0) is 6.54 Å². The molecule has 198 valence electrons. The van der Waals surface area contributed by atoms with Crippen molar-refractivity contribution in [3.63, 3.8) is 0 Å². The van der Waals surface area contributed by atoms with E-state index < -0.39 is 0 Å². The summed E-state index contributed by atoms with van der Waals surface area (Å²) in [5.41, 5.74) is 18.0. The topological polar surface area (TPSA) is 114 Å². The van der Waals surface area contributed by atoms with Crippen molar-refractivity contribution in [3.05, 3.63) is 60.4 Å². The molecule has 38 heavy (non-hydrogen) atoms. The van der Waals surface area contributed by atoms with Crippen LogP contribution < -0.4 is 16.8 Å². The number of hydrogen-bond acceptors (Lipinski definition) is 8. The quantitative estimate of drug-likeness (QED) is 0.333. The lowest BCUT2D eigenvalue weighted by molar-refractivity contribution is 0.0815.